The molecule has 5 rings (SSSR count). The second-order valence-electron chi connectivity index (χ2n) is 7.98. The van der Waals surface area contributed by atoms with Crippen LogP contribution >= 0.6 is 0 Å². The quantitative estimate of drug-likeness (QED) is 0.677. The molecule has 2 aliphatic rings. The van der Waals surface area contributed by atoms with E-state index in [9.17, 15) is 8.78 Å². The third-order valence-corrected chi connectivity index (χ3v) is 5.85. The zero-order valence-electron chi connectivity index (χ0n) is 17.3. The average Bonchev–Trinajstić information content (AvgIpc) is 3.17. The molecular weight excluding hydrogens is 402 g/mol. The number of hydrogen-bond donors (Lipinski definition) is 1. The van der Waals surface area contributed by atoms with Gasteiger partial charge in [0.05, 0.1) is 24.9 Å². The van der Waals surface area contributed by atoms with Crippen LogP contribution < -0.4 is 10.2 Å². The number of nitrogens with one attached hydrogen (secondary N) is 1. The Morgan fingerprint density at radius 2 is 1.81 bits per heavy atom. The number of halogens is 2. The number of hydrogen-bond acceptors (Lipinski definition) is 6. The van der Waals surface area contributed by atoms with Crippen molar-refractivity contribution in [3.05, 3.63) is 59.9 Å². The maximum Gasteiger partial charge on any atom is 0.246 e. The van der Waals surface area contributed by atoms with Gasteiger partial charge in [0.1, 0.15) is 18.0 Å². The molecule has 0 spiro atoms. The van der Waals surface area contributed by atoms with Gasteiger partial charge in [0, 0.05) is 37.6 Å². The van der Waals surface area contributed by atoms with Crippen molar-refractivity contribution in [1.29, 1.82) is 0 Å². The van der Waals surface area contributed by atoms with Gasteiger partial charge in [0.15, 0.2) is 0 Å². The minimum atomic E-state index is -0.316. The zero-order valence-corrected chi connectivity index (χ0v) is 17.3. The van der Waals surface area contributed by atoms with E-state index in [0.717, 1.165) is 45.1 Å². The van der Waals surface area contributed by atoms with Crippen molar-refractivity contribution in [2.45, 2.75) is 13.0 Å². The summed E-state index contributed by atoms with van der Waals surface area (Å²) in [6.45, 7) is 6.89. The summed E-state index contributed by atoms with van der Waals surface area (Å²) >= 11 is 0. The molecule has 0 aliphatic carbocycles. The Balaban J connectivity index is 1.28. The van der Waals surface area contributed by atoms with E-state index >= 15 is 0 Å². The first kappa shape index (κ1) is 19.9. The van der Waals surface area contributed by atoms with Crippen LogP contribution in [0.4, 0.5) is 26.1 Å². The molecule has 1 N–H and O–H groups in total. The maximum absolute atomic E-state index is 14.3. The number of aromatic nitrogens is 3. The van der Waals surface area contributed by atoms with Crippen LogP contribution in [-0.2, 0) is 4.74 Å². The molecule has 0 radical (unpaired) electrons. The van der Waals surface area contributed by atoms with Gasteiger partial charge in [0.25, 0.3) is 0 Å². The molecule has 162 valence electrons. The van der Waals surface area contributed by atoms with E-state index < -0.39 is 0 Å². The number of anilines is 3. The maximum atomic E-state index is 14.3. The largest absolute Gasteiger partial charge is 0.378 e. The molecule has 9 heteroatoms. The van der Waals surface area contributed by atoms with Crippen molar-refractivity contribution < 1.29 is 13.5 Å². The second-order valence-corrected chi connectivity index (χ2v) is 7.98. The average molecular weight is 426 g/mol. The SMILES string of the molecule is Cc1cc(-n2cnc(Nc3cc(F)cc(N4CCN(C5COC5)CC4)c3)n2)ccc1F. The molecule has 0 amide bonds. The minimum Gasteiger partial charge on any atom is -0.378 e. The summed E-state index contributed by atoms with van der Waals surface area (Å²) in [5.74, 6) is -0.242. The molecule has 0 unspecified atom stereocenters. The molecule has 0 saturated carbocycles. The predicted octanol–water partition coefficient (Wildman–Crippen LogP) is 3.12. The predicted molar refractivity (Wildman–Crippen MR) is 114 cm³/mol. The Kier molecular flexibility index (Phi) is 5.29. The highest BCUT2D eigenvalue weighted by atomic mass is 19.1. The third kappa shape index (κ3) is 4.24. The summed E-state index contributed by atoms with van der Waals surface area (Å²) < 4.78 is 34.7. The number of ether oxygens (including phenoxy) is 1. The summed E-state index contributed by atoms with van der Waals surface area (Å²) in [5.41, 5.74) is 2.65. The fraction of sp³-hybridized carbons (Fsp3) is 0.364. The lowest BCUT2D eigenvalue weighted by Crippen LogP contribution is -2.56. The number of benzene rings is 2. The number of piperazine rings is 1. The van der Waals surface area contributed by atoms with Gasteiger partial charge in [-0.05, 0) is 48.9 Å². The van der Waals surface area contributed by atoms with E-state index in [0.29, 0.717) is 28.9 Å². The Labute approximate surface area is 179 Å². The Hall–Kier alpha value is -3.04. The lowest BCUT2D eigenvalue weighted by molar-refractivity contribution is -0.0660. The first-order valence-electron chi connectivity index (χ1n) is 10.4. The highest BCUT2D eigenvalue weighted by Gasteiger charge is 2.29. The Morgan fingerprint density at radius 1 is 1.00 bits per heavy atom. The molecule has 1 aromatic heterocycles. The fourth-order valence-electron chi connectivity index (χ4n) is 3.95. The van der Waals surface area contributed by atoms with Crippen molar-refractivity contribution in [2.24, 2.45) is 0 Å². The van der Waals surface area contributed by atoms with Crippen molar-refractivity contribution in [2.75, 3.05) is 49.6 Å². The molecule has 31 heavy (non-hydrogen) atoms. The van der Waals surface area contributed by atoms with Crippen LogP contribution in [0.5, 0.6) is 0 Å². The van der Waals surface area contributed by atoms with Crippen LogP contribution in [0.3, 0.4) is 0 Å². The molecule has 0 atom stereocenters. The smallest absolute Gasteiger partial charge is 0.246 e. The van der Waals surface area contributed by atoms with Crippen LogP contribution in [0.2, 0.25) is 0 Å². The van der Waals surface area contributed by atoms with E-state index in [1.807, 2.05) is 6.07 Å². The molecule has 0 bridgehead atoms. The molecule has 7 nitrogen and oxygen atoms in total. The van der Waals surface area contributed by atoms with Crippen LogP contribution in [0.25, 0.3) is 5.69 Å². The highest BCUT2D eigenvalue weighted by molar-refractivity contribution is 5.62. The normalized spacial score (nSPS) is 17.6. The fourth-order valence-corrected chi connectivity index (χ4v) is 3.95. The second kappa shape index (κ2) is 8.24. The van der Waals surface area contributed by atoms with Gasteiger partial charge in [0.2, 0.25) is 5.95 Å². The van der Waals surface area contributed by atoms with Gasteiger partial charge in [-0.3, -0.25) is 4.90 Å². The van der Waals surface area contributed by atoms with E-state index in [1.165, 1.54) is 12.1 Å². The number of nitrogens with zero attached hydrogens (tertiary/aromatic N) is 5. The van der Waals surface area contributed by atoms with Gasteiger partial charge >= 0.3 is 0 Å². The highest BCUT2D eigenvalue weighted by Crippen LogP contribution is 2.26. The lowest BCUT2D eigenvalue weighted by Gasteiger charge is -2.43. The van der Waals surface area contributed by atoms with Gasteiger partial charge in [-0.15, -0.1) is 5.10 Å². The molecule has 3 aromatic rings. The van der Waals surface area contributed by atoms with Crippen LogP contribution in [0.1, 0.15) is 5.56 Å². The molecule has 2 aliphatic heterocycles. The van der Waals surface area contributed by atoms with Gasteiger partial charge < -0.3 is 15.0 Å². The summed E-state index contributed by atoms with van der Waals surface area (Å²) in [4.78, 5) is 8.88. The standard InChI is InChI=1S/C22H24F2N6O/c1-15-8-18(2-3-21(15)24)30-14-25-22(27-30)26-17-9-16(23)10-19(11-17)28-4-6-29(7-5-28)20-12-31-13-20/h2-3,8-11,14,20H,4-7,12-13H2,1H3,(H,26,27). The summed E-state index contributed by atoms with van der Waals surface area (Å²) in [7, 11) is 0. The number of rotatable bonds is 5. The van der Waals surface area contributed by atoms with E-state index in [4.69, 9.17) is 4.74 Å². The van der Waals surface area contributed by atoms with Crippen molar-refractivity contribution >= 4 is 17.3 Å². The summed E-state index contributed by atoms with van der Waals surface area (Å²) in [6, 6.07) is 10.1. The molecule has 2 aromatic carbocycles. The van der Waals surface area contributed by atoms with Crippen molar-refractivity contribution in [1.82, 2.24) is 19.7 Å². The van der Waals surface area contributed by atoms with Crippen LogP contribution in [0.15, 0.2) is 42.7 Å². The van der Waals surface area contributed by atoms with Gasteiger partial charge in [-0.2, -0.15) is 4.98 Å². The minimum absolute atomic E-state index is 0.267. The molecule has 2 saturated heterocycles. The van der Waals surface area contributed by atoms with Crippen molar-refractivity contribution in [3.8, 4) is 5.69 Å². The lowest BCUT2D eigenvalue weighted by atomic mass is 10.1. The van der Waals surface area contributed by atoms with Crippen LogP contribution in [0, 0.1) is 18.6 Å². The summed E-state index contributed by atoms with van der Waals surface area (Å²) in [6.07, 6.45) is 1.54. The molecule has 3 heterocycles. The van der Waals surface area contributed by atoms with Crippen molar-refractivity contribution in [3.63, 3.8) is 0 Å². The first-order chi connectivity index (χ1) is 15.0. The summed E-state index contributed by atoms with van der Waals surface area (Å²) in [5, 5.41) is 7.46. The number of aryl methyl sites for hydroxylation is 1. The first-order valence-corrected chi connectivity index (χ1v) is 10.4. The molecular formula is C22H24F2N6O. The monoisotopic (exact) mass is 426 g/mol. The van der Waals surface area contributed by atoms with E-state index in [2.05, 4.69) is 25.2 Å². The van der Waals surface area contributed by atoms with E-state index in [1.54, 1.807) is 36.1 Å². The Morgan fingerprint density at radius 3 is 2.52 bits per heavy atom. The van der Waals surface area contributed by atoms with E-state index in [-0.39, 0.29) is 11.6 Å². The van der Waals surface area contributed by atoms with Crippen LogP contribution in [-0.4, -0.2) is 65.1 Å². The van der Waals surface area contributed by atoms with Gasteiger partial charge in [-0.1, -0.05) is 0 Å². The Bertz CT molecular complexity index is 1080. The molecule has 2 fully saturated rings. The van der Waals surface area contributed by atoms with Gasteiger partial charge in [-0.25, -0.2) is 13.5 Å². The topological polar surface area (TPSA) is 58.5 Å². The third-order valence-electron chi connectivity index (χ3n) is 5.85. The zero-order chi connectivity index (χ0) is 21.4.